The number of esters is 2. The van der Waals surface area contributed by atoms with E-state index in [1.54, 1.807) is 0 Å². The van der Waals surface area contributed by atoms with Crippen molar-refractivity contribution in [3.05, 3.63) is 0 Å². The summed E-state index contributed by atoms with van der Waals surface area (Å²) >= 11 is 0. The molecule has 0 aromatic rings. The lowest BCUT2D eigenvalue weighted by Gasteiger charge is -2.27. The molecule has 3 aliphatic rings. The molecule has 6 heteroatoms. The van der Waals surface area contributed by atoms with Gasteiger partial charge in [0.05, 0.1) is 0 Å². The second-order valence-electron chi connectivity index (χ2n) is 3.79. The molecule has 4 nitrogen and oxygen atoms in total. The zero-order chi connectivity index (χ0) is 10.1. The molecule has 0 amide bonds. The Hall–Kier alpha value is -1.04. The van der Waals surface area contributed by atoms with Crippen LogP contribution in [0.25, 0.3) is 0 Å². The van der Waals surface area contributed by atoms with Crippen LogP contribution in [0.3, 0.4) is 0 Å². The largest absolute Gasteiger partial charge is 0.388 e. The first-order valence-electron chi connectivity index (χ1n) is 4.31. The highest BCUT2D eigenvalue weighted by molar-refractivity contribution is 6.07. The van der Waals surface area contributed by atoms with E-state index >= 15 is 0 Å². The van der Waals surface area contributed by atoms with Gasteiger partial charge in [-0.15, -0.1) is 0 Å². The minimum absolute atomic E-state index is 0.245. The Morgan fingerprint density at radius 3 is 1.93 bits per heavy atom. The summed E-state index contributed by atoms with van der Waals surface area (Å²) in [5.41, 5.74) is -5.82. The summed E-state index contributed by atoms with van der Waals surface area (Å²) in [6.07, 6.45) is -1.85. The normalized spacial score (nSPS) is 55.0. The average molecular weight is 204 g/mol. The molecule has 2 bridgehead atoms. The molecule has 3 fully saturated rings. The van der Waals surface area contributed by atoms with Crippen molar-refractivity contribution < 1.29 is 27.8 Å². The van der Waals surface area contributed by atoms with Crippen LogP contribution in [-0.2, 0) is 19.1 Å². The third-order valence-electron chi connectivity index (χ3n) is 3.22. The molecular formula is C8H6F2O4. The SMILES string of the molecule is O=C1OC(=O)[C@]2(F)[C@H]3CC[C@H](O3)[C@]12F. The number of carbonyl (C=O) groups excluding carboxylic acids is 2. The number of hydrogen-bond donors (Lipinski definition) is 0. The highest BCUT2D eigenvalue weighted by Gasteiger charge is 2.84. The van der Waals surface area contributed by atoms with Crippen LogP contribution in [-0.4, -0.2) is 35.5 Å². The fraction of sp³-hybridized carbons (Fsp3) is 0.750. The van der Waals surface area contributed by atoms with Gasteiger partial charge in [0.1, 0.15) is 12.2 Å². The van der Waals surface area contributed by atoms with Crippen molar-refractivity contribution in [3.63, 3.8) is 0 Å². The van der Waals surface area contributed by atoms with Gasteiger partial charge in [-0.05, 0) is 12.8 Å². The summed E-state index contributed by atoms with van der Waals surface area (Å²) in [4.78, 5) is 22.1. The Balaban J connectivity index is 2.21. The maximum Gasteiger partial charge on any atom is 0.358 e. The lowest BCUT2D eigenvalue weighted by atomic mass is 9.76. The molecule has 76 valence electrons. The minimum atomic E-state index is -2.91. The maximum absolute atomic E-state index is 14.0. The first kappa shape index (κ1) is 8.28. The zero-order valence-corrected chi connectivity index (χ0v) is 6.96. The highest BCUT2D eigenvalue weighted by Crippen LogP contribution is 2.57. The van der Waals surface area contributed by atoms with Gasteiger partial charge in [-0.1, -0.05) is 0 Å². The van der Waals surface area contributed by atoms with Crippen molar-refractivity contribution in [2.45, 2.75) is 36.4 Å². The Morgan fingerprint density at radius 2 is 1.50 bits per heavy atom. The number of ether oxygens (including phenoxy) is 2. The van der Waals surface area contributed by atoms with Crippen molar-refractivity contribution in [2.75, 3.05) is 0 Å². The lowest BCUT2D eigenvalue weighted by molar-refractivity contribution is -0.160. The summed E-state index contributed by atoms with van der Waals surface area (Å²) in [6, 6.07) is 0. The van der Waals surface area contributed by atoms with Gasteiger partial charge in [0.2, 0.25) is 0 Å². The Kier molecular flexibility index (Phi) is 1.17. The predicted molar refractivity (Wildman–Crippen MR) is 36.7 cm³/mol. The predicted octanol–water partition coefficient (Wildman–Crippen LogP) is 0.0476. The van der Waals surface area contributed by atoms with E-state index in [0.717, 1.165) is 0 Å². The molecule has 0 saturated carbocycles. The molecule has 0 unspecified atom stereocenters. The molecule has 0 aromatic heterocycles. The molecular weight excluding hydrogens is 198 g/mol. The average Bonchev–Trinajstić information content (AvgIpc) is 2.73. The maximum atomic E-state index is 14.0. The third-order valence-corrected chi connectivity index (χ3v) is 3.22. The van der Waals surface area contributed by atoms with Gasteiger partial charge < -0.3 is 9.47 Å². The fourth-order valence-electron chi connectivity index (χ4n) is 2.48. The molecule has 3 saturated heterocycles. The van der Waals surface area contributed by atoms with Crippen molar-refractivity contribution >= 4 is 11.9 Å². The number of carbonyl (C=O) groups is 2. The van der Waals surface area contributed by atoms with E-state index in [4.69, 9.17) is 4.74 Å². The van der Waals surface area contributed by atoms with E-state index in [1.807, 2.05) is 0 Å². The van der Waals surface area contributed by atoms with Gasteiger partial charge >= 0.3 is 11.9 Å². The molecule has 4 atom stereocenters. The summed E-state index contributed by atoms with van der Waals surface area (Å²) in [5, 5.41) is 0. The zero-order valence-electron chi connectivity index (χ0n) is 6.96. The molecule has 3 heterocycles. The van der Waals surface area contributed by atoms with Gasteiger partial charge in [0.15, 0.2) is 0 Å². The molecule has 0 N–H and O–H groups in total. The van der Waals surface area contributed by atoms with E-state index in [-0.39, 0.29) is 12.8 Å². The minimum Gasteiger partial charge on any atom is -0.388 e. The smallest absolute Gasteiger partial charge is 0.358 e. The van der Waals surface area contributed by atoms with Crippen LogP contribution in [0.2, 0.25) is 0 Å². The number of halogens is 2. The Labute approximate surface area is 77.2 Å². The Morgan fingerprint density at radius 1 is 1.07 bits per heavy atom. The van der Waals surface area contributed by atoms with Crippen LogP contribution in [0.15, 0.2) is 0 Å². The second-order valence-corrected chi connectivity index (χ2v) is 3.79. The van der Waals surface area contributed by atoms with Crippen LogP contribution in [0.4, 0.5) is 8.78 Å². The van der Waals surface area contributed by atoms with Crippen molar-refractivity contribution in [2.24, 2.45) is 0 Å². The molecule has 0 radical (unpaired) electrons. The van der Waals surface area contributed by atoms with E-state index in [2.05, 4.69) is 4.74 Å². The molecule has 14 heavy (non-hydrogen) atoms. The van der Waals surface area contributed by atoms with Crippen LogP contribution >= 0.6 is 0 Å². The van der Waals surface area contributed by atoms with Crippen LogP contribution in [0, 0.1) is 0 Å². The van der Waals surface area contributed by atoms with Crippen LogP contribution in [0.5, 0.6) is 0 Å². The number of alkyl halides is 2. The van der Waals surface area contributed by atoms with Gasteiger partial charge in [0, 0.05) is 0 Å². The van der Waals surface area contributed by atoms with E-state index in [9.17, 15) is 18.4 Å². The van der Waals surface area contributed by atoms with E-state index in [1.165, 1.54) is 0 Å². The van der Waals surface area contributed by atoms with Crippen molar-refractivity contribution in [1.29, 1.82) is 0 Å². The third kappa shape index (κ3) is 0.538. The summed E-state index contributed by atoms with van der Waals surface area (Å²) in [5.74, 6) is -2.89. The highest BCUT2D eigenvalue weighted by atomic mass is 19.2. The van der Waals surface area contributed by atoms with Crippen LogP contribution in [0.1, 0.15) is 12.8 Å². The van der Waals surface area contributed by atoms with Crippen molar-refractivity contribution in [1.82, 2.24) is 0 Å². The van der Waals surface area contributed by atoms with E-state index in [0.29, 0.717) is 0 Å². The molecule has 3 rings (SSSR count). The quantitative estimate of drug-likeness (QED) is 0.413. The fourth-order valence-corrected chi connectivity index (χ4v) is 2.48. The number of cyclic esters (lactones) is 2. The summed E-state index contributed by atoms with van der Waals surface area (Å²) in [7, 11) is 0. The first-order chi connectivity index (χ1) is 6.51. The summed E-state index contributed by atoms with van der Waals surface area (Å²) < 4.78 is 37.0. The number of hydrogen-bond acceptors (Lipinski definition) is 4. The van der Waals surface area contributed by atoms with Crippen LogP contribution < -0.4 is 0 Å². The Bertz CT molecular complexity index is 325. The second kappa shape index (κ2) is 1.98. The topological polar surface area (TPSA) is 52.6 Å². The molecule has 0 spiro atoms. The monoisotopic (exact) mass is 204 g/mol. The molecule has 0 aliphatic carbocycles. The van der Waals surface area contributed by atoms with Gasteiger partial charge in [-0.2, -0.15) is 0 Å². The van der Waals surface area contributed by atoms with E-state index < -0.39 is 35.5 Å². The standard InChI is InChI=1S/C8H6F2O4/c9-7-3-1-2-4(13-3)8(7,10)6(12)14-5(7)11/h3-4H,1-2H2/t3-,4+,7-,8+. The molecule has 0 aromatic carbocycles. The number of rotatable bonds is 0. The summed E-state index contributed by atoms with van der Waals surface area (Å²) in [6.45, 7) is 0. The van der Waals surface area contributed by atoms with Gasteiger partial charge in [-0.3, -0.25) is 0 Å². The number of fused-ring (bicyclic) bond motifs is 5. The van der Waals surface area contributed by atoms with Gasteiger partial charge in [0.25, 0.3) is 11.3 Å². The molecule has 3 aliphatic heterocycles. The van der Waals surface area contributed by atoms with Crippen molar-refractivity contribution in [3.8, 4) is 0 Å². The lowest BCUT2D eigenvalue weighted by Crippen LogP contribution is -2.57. The van der Waals surface area contributed by atoms with Gasteiger partial charge in [-0.25, -0.2) is 18.4 Å². The first-order valence-corrected chi connectivity index (χ1v) is 4.31.